The van der Waals surface area contributed by atoms with E-state index in [1.807, 2.05) is 12.1 Å². The van der Waals surface area contributed by atoms with E-state index in [0.29, 0.717) is 19.8 Å². The van der Waals surface area contributed by atoms with Crippen LogP contribution in [-0.4, -0.2) is 77.1 Å². The fourth-order valence-electron chi connectivity index (χ4n) is 3.42. The monoisotopic (exact) mass is 444 g/mol. The number of hydrogen-bond donors (Lipinski definition) is 2. The van der Waals surface area contributed by atoms with Crippen LogP contribution in [-0.2, 0) is 22.4 Å². The number of aryl methyl sites for hydroxylation is 1. The maximum Gasteiger partial charge on any atom is 0.191 e. The van der Waals surface area contributed by atoms with E-state index < -0.39 is 0 Å². The lowest BCUT2D eigenvalue weighted by molar-refractivity contribution is 0.0389. The van der Waals surface area contributed by atoms with Gasteiger partial charge in [0.15, 0.2) is 5.96 Å². The molecule has 8 nitrogen and oxygen atoms in total. The van der Waals surface area contributed by atoms with Crippen molar-refractivity contribution in [3.8, 4) is 5.75 Å². The van der Waals surface area contributed by atoms with Crippen molar-refractivity contribution in [3.63, 3.8) is 0 Å². The van der Waals surface area contributed by atoms with E-state index in [4.69, 9.17) is 23.6 Å². The van der Waals surface area contributed by atoms with Gasteiger partial charge in [0.05, 0.1) is 32.6 Å². The van der Waals surface area contributed by atoms with Gasteiger partial charge in [-0.05, 0) is 30.7 Å². The molecule has 1 aliphatic heterocycles. The van der Waals surface area contributed by atoms with Gasteiger partial charge in [-0.15, -0.1) is 0 Å². The van der Waals surface area contributed by atoms with Gasteiger partial charge in [-0.25, -0.2) is 4.99 Å². The van der Waals surface area contributed by atoms with Gasteiger partial charge in [-0.3, -0.25) is 4.90 Å². The lowest BCUT2D eigenvalue weighted by atomic mass is 10.1. The second-order valence-electron chi connectivity index (χ2n) is 7.75. The van der Waals surface area contributed by atoms with Gasteiger partial charge in [0.25, 0.3) is 0 Å². The van der Waals surface area contributed by atoms with Crippen molar-refractivity contribution in [3.05, 3.63) is 53.5 Å². The van der Waals surface area contributed by atoms with Crippen LogP contribution in [0.4, 0.5) is 0 Å². The molecule has 176 valence electrons. The summed E-state index contributed by atoms with van der Waals surface area (Å²) in [6.07, 6.45) is 2.50. The largest absolute Gasteiger partial charge is 0.491 e. The highest BCUT2D eigenvalue weighted by atomic mass is 16.5. The molecule has 3 rings (SSSR count). The van der Waals surface area contributed by atoms with Crippen LogP contribution >= 0.6 is 0 Å². The molecule has 8 heteroatoms. The Labute approximate surface area is 190 Å². The molecule has 1 saturated heterocycles. The van der Waals surface area contributed by atoms with E-state index in [0.717, 1.165) is 81.0 Å². The summed E-state index contributed by atoms with van der Waals surface area (Å²) in [5.74, 6) is 2.60. The summed E-state index contributed by atoms with van der Waals surface area (Å²) >= 11 is 0. The molecular weight excluding hydrogens is 408 g/mol. The van der Waals surface area contributed by atoms with Gasteiger partial charge >= 0.3 is 0 Å². The number of rotatable bonds is 12. The number of benzene rings is 1. The first-order valence-electron chi connectivity index (χ1n) is 11.3. The van der Waals surface area contributed by atoms with Crippen LogP contribution in [0.1, 0.15) is 16.9 Å². The second kappa shape index (κ2) is 13.8. The average Bonchev–Trinajstić information content (AvgIpc) is 3.32. The third kappa shape index (κ3) is 8.53. The first-order chi connectivity index (χ1) is 15.7. The lowest BCUT2D eigenvalue weighted by Gasteiger charge is -2.26. The molecule has 2 N–H and O–H groups in total. The van der Waals surface area contributed by atoms with Crippen molar-refractivity contribution in [1.82, 2.24) is 15.5 Å². The van der Waals surface area contributed by atoms with Crippen molar-refractivity contribution in [2.24, 2.45) is 4.99 Å². The number of ether oxygens (including phenoxy) is 3. The van der Waals surface area contributed by atoms with E-state index in [-0.39, 0.29) is 0 Å². The second-order valence-corrected chi connectivity index (χ2v) is 7.75. The molecule has 2 aromatic rings. The standard InChI is InChI=1S/C24H36N4O4/c1-20-5-6-21(23(18-20)32-17-16-29-2)19-27-24(25-8-7-22-4-3-13-31-22)26-9-10-28-11-14-30-15-12-28/h3-6,13,18H,7-12,14-17,19H2,1-2H3,(H2,25,26,27). The fraction of sp³-hybridized carbons (Fsp3) is 0.542. The van der Waals surface area contributed by atoms with E-state index >= 15 is 0 Å². The van der Waals surface area contributed by atoms with E-state index in [1.165, 1.54) is 0 Å². The predicted octanol–water partition coefficient (Wildman–Crippen LogP) is 2.22. The van der Waals surface area contributed by atoms with Gasteiger partial charge < -0.3 is 29.3 Å². The lowest BCUT2D eigenvalue weighted by Crippen LogP contribution is -2.44. The highest BCUT2D eigenvalue weighted by Gasteiger charge is 2.10. The highest BCUT2D eigenvalue weighted by molar-refractivity contribution is 5.79. The van der Waals surface area contributed by atoms with Crippen molar-refractivity contribution < 1.29 is 18.6 Å². The molecule has 0 bridgehead atoms. The molecule has 0 aliphatic carbocycles. The third-order valence-electron chi connectivity index (χ3n) is 5.24. The highest BCUT2D eigenvalue weighted by Crippen LogP contribution is 2.21. The van der Waals surface area contributed by atoms with Crippen molar-refractivity contribution in [2.75, 3.05) is 66.3 Å². The topological polar surface area (TPSA) is 80.5 Å². The number of morpholine rings is 1. The summed E-state index contributed by atoms with van der Waals surface area (Å²) in [5, 5.41) is 6.89. The number of furan rings is 1. The van der Waals surface area contributed by atoms with E-state index in [9.17, 15) is 0 Å². The molecule has 1 fully saturated rings. The Balaban J connectivity index is 1.58. The fourth-order valence-corrected chi connectivity index (χ4v) is 3.42. The number of nitrogens with zero attached hydrogens (tertiary/aromatic N) is 2. The number of hydrogen-bond acceptors (Lipinski definition) is 6. The van der Waals surface area contributed by atoms with Crippen LogP contribution in [0.2, 0.25) is 0 Å². The summed E-state index contributed by atoms with van der Waals surface area (Å²) in [6, 6.07) is 10.1. The Morgan fingerprint density at radius 3 is 2.75 bits per heavy atom. The van der Waals surface area contributed by atoms with Gasteiger partial charge in [0.2, 0.25) is 0 Å². The van der Waals surface area contributed by atoms with Gasteiger partial charge in [-0.1, -0.05) is 12.1 Å². The molecule has 0 amide bonds. The molecule has 1 aliphatic rings. The summed E-state index contributed by atoms with van der Waals surface area (Å²) in [7, 11) is 1.67. The summed E-state index contributed by atoms with van der Waals surface area (Å²) < 4.78 is 21.9. The van der Waals surface area contributed by atoms with E-state index in [2.05, 4.69) is 40.7 Å². The zero-order valence-electron chi connectivity index (χ0n) is 19.3. The van der Waals surface area contributed by atoms with Crippen molar-refractivity contribution in [1.29, 1.82) is 0 Å². The Morgan fingerprint density at radius 2 is 1.97 bits per heavy atom. The minimum absolute atomic E-state index is 0.517. The number of nitrogens with one attached hydrogen (secondary N) is 2. The molecule has 2 heterocycles. The molecular formula is C24H36N4O4. The van der Waals surface area contributed by atoms with Crippen molar-refractivity contribution >= 4 is 5.96 Å². The maximum atomic E-state index is 5.92. The predicted molar refractivity (Wildman–Crippen MR) is 125 cm³/mol. The third-order valence-corrected chi connectivity index (χ3v) is 5.24. The summed E-state index contributed by atoms with van der Waals surface area (Å²) in [6.45, 7) is 9.74. The number of aliphatic imine (C=N–C) groups is 1. The van der Waals surface area contributed by atoms with Crippen LogP contribution in [0, 0.1) is 6.92 Å². The van der Waals surface area contributed by atoms with Gasteiger partial charge in [0, 0.05) is 51.8 Å². The molecule has 0 saturated carbocycles. The Hall–Kier alpha value is -2.55. The maximum absolute atomic E-state index is 5.92. The molecule has 0 unspecified atom stereocenters. The smallest absolute Gasteiger partial charge is 0.191 e. The van der Waals surface area contributed by atoms with Crippen LogP contribution < -0.4 is 15.4 Å². The average molecular weight is 445 g/mol. The molecule has 1 aromatic heterocycles. The van der Waals surface area contributed by atoms with Crippen LogP contribution in [0.5, 0.6) is 5.75 Å². The minimum atomic E-state index is 0.517. The first-order valence-corrected chi connectivity index (χ1v) is 11.3. The Kier molecular flexibility index (Phi) is 10.4. The van der Waals surface area contributed by atoms with Crippen LogP contribution in [0.15, 0.2) is 46.0 Å². The van der Waals surface area contributed by atoms with E-state index in [1.54, 1.807) is 13.4 Å². The number of guanidine groups is 1. The molecule has 0 spiro atoms. The molecule has 0 radical (unpaired) electrons. The molecule has 1 aromatic carbocycles. The Bertz CT molecular complexity index is 804. The zero-order valence-corrected chi connectivity index (χ0v) is 19.3. The SMILES string of the molecule is COCCOc1cc(C)ccc1CN=C(NCCc1ccco1)NCCN1CCOCC1. The van der Waals surface area contributed by atoms with Gasteiger partial charge in [0.1, 0.15) is 18.1 Å². The molecule has 0 atom stereocenters. The molecule has 32 heavy (non-hydrogen) atoms. The first kappa shape index (κ1) is 24.1. The van der Waals surface area contributed by atoms with Crippen molar-refractivity contribution in [2.45, 2.75) is 19.9 Å². The van der Waals surface area contributed by atoms with Crippen LogP contribution in [0.3, 0.4) is 0 Å². The normalized spacial score (nSPS) is 15.0. The minimum Gasteiger partial charge on any atom is -0.491 e. The van der Waals surface area contributed by atoms with Gasteiger partial charge in [-0.2, -0.15) is 0 Å². The quantitative estimate of drug-likeness (QED) is 0.295. The number of methoxy groups -OCH3 is 1. The zero-order chi connectivity index (χ0) is 22.4. The van der Waals surface area contributed by atoms with Crippen LogP contribution in [0.25, 0.3) is 0 Å². The summed E-state index contributed by atoms with van der Waals surface area (Å²) in [4.78, 5) is 7.22. The Morgan fingerprint density at radius 1 is 1.12 bits per heavy atom. The summed E-state index contributed by atoms with van der Waals surface area (Å²) in [5.41, 5.74) is 2.21.